The Morgan fingerprint density at radius 2 is 2.26 bits per heavy atom. The first-order chi connectivity index (χ1) is 11.2. The molecule has 0 saturated heterocycles. The Balaban J connectivity index is 1.95. The van der Waals surface area contributed by atoms with Gasteiger partial charge < -0.3 is 15.8 Å². The van der Waals surface area contributed by atoms with E-state index < -0.39 is 0 Å². The van der Waals surface area contributed by atoms with Crippen molar-refractivity contribution in [2.24, 2.45) is 10.7 Å². The van der Waals surface area contributed by atoms with Crippen molar-refractivity contribution in [1.29, 1.82) is 0 Å². The standard InChI is InChI=1S/C17H18N4O2/c1-10-14(21-17(22)12(8-18)9-19-2)13-6-5-11-4-3-7-20-15(11)16(13)23-10/h3-10,14H,18H2,1-2H3,(H,21,22)/b12-8+,19-9?. The van der Waals surface area contributed by atoms with Crippen LogP contribution in [0.5, 0.6) is 5.75 Å². The first kappa shape index (κ1) is 15.0. The maximum absolute atomic E-state index is 12.3. The molecule has 3 rings (SSSR count). The minimum atomic E-state index is -0.285. The van der Waals surface area contributed by atoms with Gasteiger partial charge in [0.25, 0.3) is 5.91 Å². The van der Waals surface area contributed by atoms with Gasteiger partial charge in [-0.2, -0.15) is 0 Å². The van der Waals surface area contributed by atoms with Crippen molar-refractivity contribution in [3.63, 3.8) is 0 Å². The van der Waals surface area contributed by atoms with Crippen LogP contribution in [0.4, 0.5) is 0 Å². The SMILES string of the molecule is CN=C/C(=C\N)C(=O)NC1c2ccc3cccnc3c2OC1C. The Morgan fingerprint density at radius 3 is 3.00 bits per heavy atom. The van der Waals surface area contributed by atoms with Crippen LogP contribution >= 0.6 is 0 Å². The van der Waals surface area contributed by atoms with Gasteiger partial charge in [0.2, 0.25) is 0 Å². The number of nitrogens with two attached hydrogens (primary N) is 1. The van der Waals surface area contributed by atoms with Crippen molar-refractivity contribution in [2.45, 2.75) is 19.1 Å². The molecule has 1 aromatic carbocycles. The predicted molar refractivity (Wildman–Crippen MR) is 89.4 cm³/mol. The third kappa shape index (κ3) is 2.63. The number of nitrogens with one attached hydrogen (secondary N) is 1. The normalized spacial score (nSPS) is 20.5. The third-order valence-electron chi connectivity index (χ3n) is 3.86. The minimum Gasteiger partial charge on any atom is -0.486 e. The molecule has 118 valence electrons. The molecule has 2 atom stereocenters. The number of aliphatic imine (C=N–C) groups is 1. The quantitative estimate of drug-likeness (QED) is 0.667. The van der Waals surface area contributed by atoms with Gasteiger partial charge in [0, 0.05) is 36.6 Å². The summed E-state index contributed by atoms with van der Waals surface area (Å²) in [6, 6.07) is 7.55. The van der Waals surface area contributed by atoms with E-state index in [1.165, 1.54) is 12.4 Å². The zero-order chi connectivity index (χ0) is 16.4. The van der Waals surface area contributed by atoms with E-state index in [0.29, 0.717) is 5.57 Å². The first-order valence-corrected chi connectivity index (χ1v) is 7.35. The number of fused-ring (bicyclic) bond motifs is 3. The summed E-state index contributed by atoms with van der Waals surface area (Å²) in [5.41, 5.74) is 7.52. The average molecular weight is 310 g/mol. The molecular formula is C17H18N4O2. The molecule has 0 radical (unpaired) electrons. The van der Waals surface area contributed by atoms with E-state index in [-0.39, 0.29) is 18.1 Å². The van der Waals surface area contributed by atoms with Gasteiger partial charge in [-0.15, -0.1) is 0 Å². The molecule has 1 aromatic heterocycles. The van der Waals surface area contributed by atoms with Gasteiger partial charge in [0.05, 0.1) is 11.6 Å². The predicted octanol–water partition coefficient (Wildman–Crippen LogP) is 1.72. The van der Waals surface area contributed by atoms with Gasteiger partial charge in [0.15, 0.2) is 5.75 Å². The fourth-order valence-corrected chi connectivity index (χ4v) is 2.75. The monoisotopic (exact) mass is 310 g/mol. The van der Waals surface area contributed by atoms with E-state index in [1.54, 1.807) is 13.2 Å². The van der Waals surface area contributed by atoms with Gasteiger partial charge in [0.1, 0.15) is 11.6 Å². The van der Waals surface area contributed by atoms with Crippen LogP contribution in [-0.4, -0.2) is 30.3 Å². The summed E-state index contributed by atoms with van der Waals surface area (Å²) in [6.07, 6.45) is 4.21. The Kier molecular flexibility index (Phi) is 3.97. The molecule has 0 bridgehead atoms. The number of aromatic nitrogens is 1. The molecular weight excluding hydrogens is 292 g/mol. The van der Waals surface area contributed by atoms with Crippen molar-refractivity contribution in [3.8, 4) is 5.75 Å². The minimum absolute atomic E-state index is 0.195. The van der Waals surface area contributed by atoms with Crippen molar-refractivity contribution >= 4 is 23.0 Å². The Morgan fingerprint density at radius 1 is 1.43 bits per heavy atom. The van der Waals surface area contributed by atoms with Gasteiger partial charge in [-0.3, -0.25) is 14.8 Å². The van der Waals surface area contributed by atoms with Gasteiger partial charge >= 0.3 is 0 Å². The molecule has 2 unspecified atom stereocenters. The van der Waals surface area contributed by atoms with E-state index in [2.05, 4.69) is 15.3 Å². The molecule has 0 saturated carbocycles. The van der Waals surface area contributed by atoms with Crippen molar-refractivity contribution in [2.75, 3.05) is 7.05 Å². The maximum atomic E-state index is 12.3. The molecule has 2 aromatic rings. The van der Waals surface area contributed by atoms with Crippen LogP contribution in [0.2, 0.25) is 0 Å². The lowest BCUT2D eigenvalue weighted by molar-refractivity contribution is -0.118. The number of nitrogens with zero attached hydrogens (tertiary/aromatic N) is 2. The maximum Gasteiger partial charge on any atom is 0.254 e. The largest absolute Gasteiger partial charge is 0.486 e. The molecule has 1 aliphatic rings. The molecule has 1 amide bonds. The zero-order valence-electron chi connectivity index (χ0n) is 13.0. The van der Waals surface area contributed by atoms with Crippen LogP contribution in [0.25, 0.3) is 10.9 Å². The van der Waals surface area contributed by atoms with E-state index in [9.17, 15) is 4.79 Å². The molecule has 0 aliphatic carbocycles. The van der Waals surface area contributed by atoms with E-state index >= 15 is 0 Å². The Labute approximate surface area is 134 Å². The smallest absolute Gasteiger partial charge is 0.254 e. The lowest BCUT2D eigenvalue weighted by Gasteiger charge is -2.16. The molecule has 1 aliphatic heterocycles. The highest BCUT2D eigenvalue weighted by molar-refractivity contribution is 6.12. The molecule has 3 N–H and O–H groups in total. The van der Waals surface area contributed by atoms with E-state index in [0.717, 1.165) is 22.2 Å². The second-order valence-corrected chi connectivity index (χ2v) is 5.34. The first-order valence-electron chi connectivity index (χ1n) is 7.35. The van der Waals surface area contributed by atoms with E-state index in [4.69, 9.17) is 10.5 Å². The van der Waals surface area contributed by atoms with Crippen LogP contribution in [0.1, 0.15) is 18.5 Å². The summed E-state index contributed by atoms with van der Waals surface area (Å²) >= 11 is 0. The van der Waals surface area contributed by atoms with Gasteiger partial charge in [-0.25, -0.2) is 0 Å². The van der Waals surface area contributed by atoms with Crippen molar-refractivity contribution in [3.05, 3.63) is 47.8 Å². The van der Waals surface area contributed by atoms with Crippen LogP contribution in [0, 0.1) is 0 Å². The number of amides is 1. The van der Waals surface area contributed by atoms with Gasteiger partial charge in [-0.05, 0) is 13.0 Å². The summed E-state index contributed by atoms with van der Waals surface area (Å²) in [5.74, 6) is 0.441. The summed E-state index contributed by atoms with van der Waals surface area (Å²) in [5, 5.41) is 3.96. The Hall–Kier alpha value is -2.89. The topological polar surface area (TPSA) is 89.6 Å². The molecule has 6 heteroatoms. The number of rotatable bonds is 3. The fraction of sp³-hybridized carbons (Fsp3) is 0.235. The second-order valence-electron chi connectivity index (χ2n) is 5.34. The average Bonchev–Trinajstić information content (AvgIpc) is 2.88. The fourth-order valence-electron chi connectivity index (χ4n) is 2.75. The highest BCUT2D eigenvalue weighted by Gasteiger charge is 2.34. The zero-order valence-corrected chi connectivity index (χ0v) is 13.0. The van der Waals surface area contributed by atoms with Crippen LogP contribution in [0.3, 0.4) is 0 Å². The summed E-state index contributed by atoms with van der Waals surface area (Å²) < 4.78 is 5.95. The van der Waals surface area contributed by atoms with Crippen molar-refractivity contribution in [1.82, 2.24) is 10.3 Å². The number of carbonyl (C=O) groups excluding carboxylic acids is 1. The number of carbonyl (C=O) groups is 1. The van der Waals surface area contributed by atoms with E-state index in [1.807, 2.05) is 31.2 Å². The third-order valence-corrected chi connectivity index (χ3v) is 3.86. The summed E-state index contributed by atoms with van der Waals surface area (Å²) in [6.45, 7) is 1.92. The summed E-state index contributed by atoms with van der Waals surface area (Å²) in [4.78, 5) is 20.5. The number of hydrogen-bond donors (Lipinski definition) is 2. The Bertz CT molecular complexity index is 813. The molecule has 23 heavy (non-hydrogen) atoms. The number of benzene rings is 1. The van der Waals surface area contributed by atoms with Crippen LogP contribution in [-0.2, 0) is 4.79 Å². The molecule has 6 nitrogen and oxygen atoms in total. The lowest BCUT2D eigenvalue weighted by atomic mass is 10.0. The lowest BCUT2D eigenvalue weighted by Crippen LogP contribution is -2.35. The molecule has 0 fully saturated rings. The number of hydrogen-bond acceptors (Lipinski definition) is 5. The second kappa shape index (κ2) is 6.08. The number of pyridine rings is 1. The highest BCUT2D eigenvalue weighted by atomic mass is 16.5. The molecule has 0 spiro atoms. The molecule has 2 heterocycles. The van der Waals surface area contributed by atoms with Crippen LogP contribution < -0.4 is 15.8 Å². The van der Waals surface area contributed by atoms with Crippen LogP contribution in [0.15, 0.2) is 47.2 Å². The highest BCUT2D eigenvalue weighted by Crippen LogP contribution is 2.40. The number of ether oxygens (including phenoxy) is 1. The van der Waals surface area contributed by atoms with Crippen molar-refractivity contribution < 1.29 is 9.53 Å². The van der Waals surface area contributed by atoms with Gasteiger partial charge in [-0.1, -0.05) is 18.2 Å². The summed E-state index contributed by atoms with van der Waals surface area (Å²) in [7, 11) is 1.59.